The molecular formula is C23H22N4O3. The van der Waals surface area contributed by atoms with Crippen LogP contribution in [0.3, 0.4) is 0 Å². The van der Waals surface area contributed by atoms with Crippen LogP contribution in [0.4, 0.5) is 0 Å². The highest BCUT2D eigenvalue weighted by molar-refractivity contribution is 5.73. The molecule has 5 rings (SSSR count). The molecule has 152 valence electrons. The highest BCUT2D eigenvalue weighted by Crippen LogP contribution is 2.33. The average Bonchev–Trinajstić information content (AvgIpc) is 3.50. The van der Waals surface area contributed by atoms with E-state index in [1.54, 1.807) is 18.0 Å². The van der Waals surface area contributed by atoms with Gasteiger partial charge in [-0.15, -0.1) is 0 Å². The molecule has 1 fully saturated rings. The monoisotopic (exact) mass is 402 g/mol. The molecule has 7 nitrogen and oxygen atoms in total. The average molecular weight is 402 g/mol. The van der Waals surface area contributed by atoms with Gasteiger partial charge >= 0.3 is 5.69 Å². The zero-order chi connectivity index (χ0) is 20.8. The van der Waals surface area contributed by atoms with Crippen LogP contribution < -0.4 is 16.0 Å². The Kier molecular flexibility index (Phi) is 4.31. The zero-order valence-corrected chi connectivity index (χ0v) is 16.9. The largest absolute Gasteiger partial charge is 0.496 e. The number of hydrogen-bond donors (Lipinski definition) is 0. The second-order valence-corrected chi connectivity index (χ2v) is 7.67. The summed E-state index contributed by atoms with van der Waals surface area (Å²) in [7, 11) is 1.63. The van der Waals surface area contributed by atoms with Crippen molar-refractivity contribution in [3.05, 3.63) is 86.8 Å². The Morgan fingerprint density at radius 3 is 2.53 bits per heavy atom. The second kappa shape index (κ2) is 7.02. The lowest BCUT2D eigenvalue weighted by atomic mass is 10.2. The van der Waals surface area contributed by atoms with Crippen LogP contribution in [0.25, 0.3) is 16.9 Å². The number of benzene rings is 2. The summed E-state index contributed by atoms with van der Waals surface area (Å²) >= 11 is 0. The number of ether oxygens (including phenoxy) is 1. The van der Waals surface area contributed by atoms with Crippen LogP contribution in [0.1, 0.15) is 30.0 Å². The fourth-order valence-corrected chi connectivity index (χ4v) is 3.98. The van der Waals surface area contributed by atoms with E-state index in [0.29, 0.717) is 17.7 Å². The van der Waals surface area contributed by atoms with Gasteiger partial charge in [0.1, 0.15) is 5.75 Å². The maximum atomic E-state index is 13.4. The number of rotatable bonds is 5. The minimum absolute atomic E-state index is 0.0423. The summed E-state index contributed by atoms with van der Waals surface area (Å²) in [5.74, 6) is 0.745. The Morgan fingerprint density at radius 1 is 1.07 bits per heavy atom. The molecular weight excluding hydrogens is 380 g/mol. The topological polar surface area (TPSA) is 71.1 Å². The van der Waals surface area contributed by atoms with Crippen LogP contribution in [0.2, 0.25) is 0 Å². The third kappa shape index (κ3) is 2.85. The molecule has 0 aliphatic heterocycles. The fraction of sp³-hybridized carbons (Fsp3) is 0.261. The van der Waals surface area contributed by atoms with Crippen molar-refractivity contribution in [1.82, 2.24) is 18.7 Å². The summed E-state index contributed by atoms with van der Waals surface area (Å²) < 4.78 is 10.2. The van der Waals surface area contributed by atoms with Gasteiger partial charge in [-0.1, -0.05) is 36.4 Å². The third-order valence-corrected chi connectivity index (χ3v) is 5.65. The number of hydrogen-bond acceptors (Lipinski definition) is 4. The van der Waals surface area contributed by atoms with Gasteiger partial charge in [-0.25, -0.2) is 14.3 Å². The van der Waals surface area contributed by atoms with Crippen molar-refractivity contribution in [2.75, 3.05) is 7.11 Å². The third-order valence-electron chi connectivity index (χ3n) is 5.65. The van der Waals surface area contributed by atoms with Gasteiger partial charge in [0, 0.05) is 11.6 Å². The molecule has 7 heteroatoms. The Bertz CT molecular complexity index is 1380. The van der Waals surface area contributed by atoms with Gasteiger partial charge in [-0.2, -0.15) is 0 Å². The quantitative estimate of drug-likeness (QED) is 0.514. The van der Waals surface area contributed by atoms with Gasteiger partial charge < -0.3 is 9.30 Å². The van der Waals surface area contributed by atoms with Gasteiger partial charge in [0.2, 0.25) is 0 Å². The Hall–Kier alpha value is -3.61. The van der Waals surface area contributed by atoms with Crippen molar-refractivity contribution >= 4 is 11.2 Å². The van der Waals surface area contributed by atoms with E-state index in [-0.39, 0.29) is 17.3 Å². The predicted octanol–water partition coefficient (Wildman–Crippen LogP) is 3.05. The van der Waals surface area contributed by atoms with E-state index >= 15 is 0 Å². The molecule has 0 N–H and O–H groups in total. The first kappa shape index (κ1) is 18.4. The van der Waals surface area contributed by atoms with E-state index in [1.165, 1.54) is 4.57 Å². The molecule has 2 heterocycles. The fourth-order valence-electron chi connectivity index (χ4n) is 3.98. The first-order valence-corrected chi connectivity index (χ1v) is 10.0. The molecule has 1 saturated carbocycles. The molecule has 0 saturated heterocycles. The summed E-state index contributed by atoms with van der Waals surface area (Å²) in [6.45, 7) is 2.37. The number of methoxy groups -OCH3 is 1. The SMILES string of the molecule is COc1ccccc1Cn1cnc2c1c(=O)n(C1CC1)c(=O)n2-c1ccccc1C. The Balaban J connectivity index is 1.79. The lowest BCUT2D eigenvalue weighted by Crippen LogP contribution is -2.39. The van der Waals surface area contributed by atoms with E-state index in [9.17, 15) is 9.59 Å². The van der Waals surface area contributed by atoms with Gasteiger partial charge in [-0.3, -0.25) is 9.36 Å². The summed E-state index contributed by atoms with van der Waals surface area (Å²) in [6, 6.07) is 15.3. The molecule has 1 aliphatic rings. The maximum absolute atomic E-state index is 13.4. The lowest BCUT2D eigenvalue weighted by molar-refractivity contribution is 0.408. The Labute approximate surface area is 172 Å². The molecule has 0 bridgehead atoms. The Morgan fingerprint density at radius 2 is 1.80 bits per heavy atom. The van der Waals surface area contributed by atoms with Crippen LogP contribution in [0, 0.1) is 6.92 Å². The summed E-state index contributed by atoms with van der Waals surface area (Å²) in [4.78, 5) is 31.2. The molecule has 0 spiro atoms. The van der Waals surface area contributed by atoms with Crippen molar-refractivity contribution < 1.29 is 4.74 Å². The smallest absolute Gasteiger partial charge is 0.337 e. The van der Waals surface area contributed by atoms with E-state index < -0.39 is 0 Å². The highest BCUT2D eigenvalue weighted by atomic mass is 16.5. The van der Waals surface area contributed by atoms with Crippen LogP contribution in [0.5, 0.6) is 5.75 Å². The van der Waals surface area contributed by atoms with E-state index in [4.69, 9.17) is 4.74 Å². The molecule has 30 heavy (non-hydrogen) atoms. The minimum atomic E-state index is -0.327. The van der Waals surface area contributed by atoms with E-state index in [0.717, 1.165) is 35.4 Å². The normalized spacial score (nSPS) is 13.7. The number of para-hydroxylation sites is 2. The number of fused-ring (bicyclic) bond motifs is 1. The van der Waals surface area contributed by atoms with Crippen molar-refractivity contribution in [1.29, 1.82) is 0 Å². The van der Waals surface area contributed by atoms with E-state index in [2.05, 4.69) is 4.98 Å². The van der Waals surface area contributed by atoms with Crippen molar-refractivity contribution in [2.45, 2.75) is 32.4 Å². The number of aryl methyl sites for hydroxylation is 1. The van der Waals surface area contributed by atoms with Crippen LogP contribution in [-0.4, -0.2) is 25.8 Å². The second-order valence-electron chi connectivity index (χ2n) is 7.67. The molecule has 0 unspecified atom stereocenters. The molecule has 2 aromatic carbocycles. The van der Waals surface area contributed by atoms with Crippen LogP contribution in [0.15, 0.2) is 64.4 Å². The molecule has 4 aromatic rings. The van der Waals surface area contributed by atoms with E-state index in [1.807, 2.05) is 60.0 Å². The van der Waals surface area contributed by atoms with Gasteiger partial charge in [0.05, 0.1) is 25.7 Å². The van der Waals surface area contributed by atoms with Crippen molar-refractivity contribution in [2.24, 2.45) is 0 Å². The minimum Gasteiger partial charge on any atom is -0.496 e. The molecule has 1 aliphatic carbocycles. The van der Waals surface area contributed by atoms with Crippen LogP contribution >= 0.6 is 0 Å². The van der Waals surface area contributed by atoms with Crippen molar-refractivity contribution in [3.63, 3.8) is 0 Å². The first-order chi connectivity index (χ1) is 14.6. The zero-order valence-electron chi connectivity index (χ0n) is 16.9. The summed E-state index contributed by atoms with van der Waals surface area (Å²) in [5.41, 5.74) is 2.82. The number of nitrogens with zero attached hydrogens (tertiary/aromatic N) is 4. The standard InChI is InChI=1S/C23H22N4O3/c1-15-7-3-5-9-18(15)27-21-20(22(28)26(23(27)29)17-11-12-17)25(14-24-21)13-16-8-4-6-10-19(16)30-2/h3-10,14,17H,11-13H2,1-2H3. The van der Waals surface area contributed by atoms with Gasteiger partial charge in [-0.05, 0) is 37.5 Å². The lowest BCUT2D eigenvalue weighted by Gasteiger charge is -2.14. The summed E-state index contributed by atoms with van der Waals surface area (Å²) in [5, 5.41) is 0. The highest BCUT2D eigenvalue weighted by Gasteiger charge is 2.30. The predicted molar refractivity (Wildman–Crippen MR) is 115 cm³/mol. The molecule has 0 atom stereocenters. The molecule has 2 aromatic heterocycles. The molecule has 0 radical (unpaired) electrons. The van der Waals surface area contributed by atoms with Gasteiger partial charge in [0.25, 0.3) is 5.56 Å². The van der Waals surface area contributed by atoms with Crippen molar-refractivity contribution in [3.8, 4) is 11.4 Å². The molecule has 0 amide bonds. The van der Waals surface area contributed by atoms with Gasteiger partial charge in [0.15, 0.2) is 11.2 Å². The van der Waals surface area contributed by atoms with Crippen LogP contribution in [-0.2, 0) is 6.54 Å². The number of imidazole rings is 1. The number of aromatic nitrogens is 4. The summed E-state index contributed by atoms with van der Waals surface area (Å²) in [6.07, 6.45) is 3.31. The first-order valence-electron chi connectivity index (χ1n) is 10.0. The maximum Gasteiger partial charge on any atom is 0.337 e.